The minimum absolute atomic E-state index is 0.268. The summed E-state index contributed by atoms with van der Waals surface area (Å²) in [5.74, 6) is 0. The molecule has 0 radical (unpaired) electrons. The van der Waals surface area contributed by atoms with Crippen LogP contribution in [0.2, 0.25) is 0 Å². The Bertz CT molecular complexity index is 1040. The lowest BCUT2D eigenvalue weighted by atomic mass is 10.1. The third-order valence-corrected chi connectivity index (χ3v) is 8.48. The van der Waals surface area contributed by atoms with Crippen molar-refractivity contribution in [3.63, 3.8) is 0 Å². The first-order valence-corrected chi connectivity index (χ1v) is 11.8. The van der Waals surface area contributed by atoms with Crippen LogP contribution in [0.1, 0.15) is 54.1 Å². The van der Waals surface area contributed by atoms with Gasteiger partial charge in [0.15, 0.2) is 9.92 Å². The number of pyridine rings is 1. The molecule has 0 aliphatic heterocycles. The molecule has 2 aromatic rings. The van der Waals surface area contributed by atoms with Crippen LogP contribution in [0, 0.1) is 0 Å². The summed E-state index contributed by atoms with van der Waals surface area (Å²) in [6.45, 7) is 3.27. The first-order chi connectivity index (χ1) is 13.1. The van der Waals surface area contributed by atoms with Crippen LogP contribution >= 0.6 is 11.3 Å². The number of rotatable bonds is 3. The van der Waals surface area contributed by atoms with Gasteiger partial charge >= 0.3 is 6.03 Å². The standard InChI is InChI=1S/C19H24N4O3S2/c1-19(2,25)15-9-10-16(27-15)28(20,26)23-18(24)22-17-11-5-3-7-13(11)21-14-8-4-6-12(14)17/h9-10,25H,3-8H2,1-2H3,(H3,20,21,22,23,24,26). The zero-order valence-electron chi connectivity index (χ0n) is 15.9. The highest BCUT2D eigenvalue weighted by Gasteiger charge is 2.27. The molecule has 1 atom stereocenters. The van der Waals surface area contributed by atoms with Crippen LogP contribution in [0.3, 0.4) is 0 Å². The number of anilines is 1. The average molecular weight is 421 g/mol. The first kappa shape index (κ1) is 19.5. The molecule has 150 valence electrons. The monoisotopic (exact) mass is 420 g/mol. The number of thiophene rings is 1. The molecule has 2 heterocycles. The Morgan fingerprint density at radius 1 is 1.21 bits per heavy atom. The molecule has 2 aliphatic carbocycles. The molecule has 0 saturated carbocycles. The van der Waals surface area contributed by atoms with Gasteiger partial charge in [0.2, 0.25) is 0 Å². The lowest BCUT2D eigenvalue weighted by Crippen LogP contribution is -2.18. The van der Waals surface area contributed by atoms with Crippen LogP contribution in [-0.4, -0.2) is 20.3 Å². The van der Waals surface area contributed by atoms with Crippen molar-refractivity contribution in [2.45, 2.75) is 62.2 Å². The maximum atomic E-state index is 12.9. The second-order valence-electron chi connectivity index (χ2n) is 7.81. The Morgan fingerprint density at radius 2 is 1.82 bits per heavy atom. The highest BCUT2D eigenvalue weighted by molar-refractivity contribution is 7.93. The van der Waals surface area contributed by atoms with Gasteiger partial charge < -0.3 is 10.4 Å². The van der Waals surface area contributed by atoms with E-state index in [1.165, 1.54) is 0 Å². The largest absolute Gasteiger partial charge is 0.385 e. The molecule has 1 unspecified atom stereocenters. The molecule has 4 N–H and O–H groups in total. The molecule has 2 aromatic heterocycles. The molecule has 0 spiro atoms. The number of aliphatic hydroxyl groups is 1. The Kier molecular flexibility index (Phi) is 4.81. The number of amides is 2. The van der Waals surface area contributed by atoms with Crippen molar-refractivity contribution in [1.29, 1.82) is 0 Å². The maximum Gasteiger partial charge on any atom is 0.354 e. The molecule has 0 aromatic carbocycles. The number of urea groups is 1. The zero-order valence-corrected chi connectivity index (χ0v) is 17.6. The second kappa shape index (κ2) is 6.91. The number of carbonyl (C=O) groups is 1. The van der Waals surface area contributed by atoms with Gasteiger partial charge in [-0.15, -0.1) is 15.7 Å². The van der Waals surface area contributed by atoms with Crippen molar-refractivity contribution in [1.82, 2.24) is 4.98 Å². The van der Waals surface area contributed by atoms with Gasteiger partial charge in [0.05, 0.1) is 11.3 Å². The van der Waals surface area contributed by atoms with E-state index in [1.54, 1.807) is 26.0 Å². The van der Waals surface area contributed by atoms with Crippen LogP contribution in [0.25, 0.3) is 0 Å². The molecule has 4 rings (SSSR count). The summed E-state index contributed by atoms with van der Waals surface area (Å²) in [6.07, 6.45) is 5.64. The minimum atomic E-state index is -3.39. The number of nitrogens with zero attached hydrogens (tertiary/aromatic N) is 2. The number of aryl methyl sites for hydroxylation is 2. The van der Waals surface area contributed by atoms with E-state index in [0.717, 1.165) is 78.1 Å². The molecule has 28 heavy (non-hydrogen) atoms. The van der Waals surface area contributed by atoms with E-state index in [1.807, 2.05) is 0 Å². The Labute approximate surface area is 168 Å². The van der Waals surface area contributed by atoms with E-state index in [-0.39, 0.29) is 4.21 Å². The van der Waals surface area contributed by atoms with E-state index in [2.05, 4.69) is 9.68 Å². The third-order valence-electron chi connectivity index (χ3n) is 5.17. The quantitative estimate of drug-likeness (QED) is 0.706. The molecule has 2 aliphatic rings. The summed E-state index contributed by atoms with van der Waals surface area (Å²) < 4.78 is 16.9. The fourth-order valence-corrected chi connectivity index (χ4v) is 6.08. The number of nitrogens with one attached hydrogen (secondary N) is 1. The summed E-state index contributed by atoms with van der Waals surface area (Å²) in [6, 6.07) is 2.50. The van der Waals surface area contributed by atoms with Crippen molar-refractivity contribution in [3.8, 4) is 0 Å². The molecule has 0 bridgehead atoms. The summed E-state index contributed by atoms with van der Waals surface area (Å²) in [4.78, 5) is 18.0. The summed E-state index contributed by atoms with van der Waals surface area (Å²) in [5, 5.41) is 18.8. The van der Waals surface area contributed by atoms with Gasteiger partial charge in [0.1, 0.15) is 4.21 Å². The SMILES string of the molecule is CC(C)(O)c1ccc(S(N)(=O)=NC(=O)Nc2c3c(nc4c2CCC4)CCC3)s1. The lowest BCUT2D eigenvalue weighted by Gasteiger charge is -2.14. The van der Waals surface area contributed by atoms with Gasteiger partial charge in [-0.2, -0.15) is 0 Å². The zero-order chi connectivity index (χ0) is 20.1. The number of nitrogens with two attached hydrogens (primary N) is 1. The van der Waals surface area contributed by atoms with Crippen LogP contribution in [-0.2, 0) is 41.2 Å². The molecule has 0 fully saturated rings. The van der Waals surface area contributed by atoms with Crippen LogP contribution in [0.4, 0.5) is 10.5 Å². The Morgan fingerprint density at radius 3 is 2.36 bits per heavy atom. The highest BCUT2D eigenvalue weighted by Crippen LogP contribution is 2.37. The van der Waals surface area contributed by atoms with Crippen molar-refractivity contribution in [2.24, 2.45) is 9.50 Å². The number of hydrogen-bond donors (Lipinski definition) is 3. The predicted octanol–water partition coefficient (Wildman–Crippen LogP) is 3.28. The molecular formula is C19H24N4O3S2. The maximum absolute atomic E-state index is 12.9. The Balaban J connectivity index is 1.65. The highest BCUT2D eigenvalue weighted by atomic mass is 32.2. The van der Waals surface area contributed by atoms with E-state index in [0.29, 0.717) is 4.88 Å². The van der Waals surface area contributed by atoms with Gasteiger partial charge in [-0.1, -0.05) is 0 Å². The molecule has 2 amide bonds. The number of fused-ring (bicyclic) bond motifs is 2. The normalized spacial score (nSPS) is 17.7. The lowest BCUT2D eigenvalue weighted by molar-refractivity contribution is 0.0825. The average Bonchev–Trinajstić information content (AvgIpc) is 3.33. The minimum Gasteiger partial charge on any atom is -0.385 e. The van der Waals surface area contributed by atoms with Crippen LogP contribution in [0.15, 0.2) is 20.7 Å². The molecule has 7 nitrogen and oxygen atoms in total. The first-order valence-electron chi connectivity index (χ1n) is 9.37. The topological polar surface area (TPSA) is 118 Å². The van der Waals surface area contributed by atoms with E-state index in [4.69, 9.17) is 10.1 Å². The van der Waals surface area contributed by atoms with E-state index < -0.39 is 21.5 Å². The predicted molar refractivity (Wildman–Crippen MR) is 110 cm³/mol. The Hall–Kier alpha value is -1.81. The van der Waals surface area contributed by atoms with Gasteiger partial charge in [-0.3, -0.25) is 4.98 Å². The van der Waals surface area contributed by atoms with Crippen molar-refractivity contribution >= 4 is 33.0 Å². The van der Waals surface area contributed by atoms with Gasteiger partial charge in [0, 0.05) is 16.3 Å². The van der Waals surface area contributed by atoms with E-state index >= 15 is 0 Å². The number of carbonyl (C=O) groups excluding carboxylic acids is 1. The second-order valence-corrected chi connectivity index (χ2v) is 10.9. The summed E-state index contributed by atoms with van der Waals surface area (Å²) >= 11 is 1.10. The van der Waals surface area contributed by atoms with Gasteiger partial charge in [-0.05, 0) is 75.6 Å². The number of aromatic nitrogens is 1. The number of hydrogen-bond acceptors (Lipinski definition) is 5. The van der Waals surface area contributed by atoms with Gasteiger partial charge in [-0.25, -0.2) is 14.1 Å². The summed E-state index contributed by atoms with van der Waals surface area (Å²) in [5.41, 5.74) is 3.98. The van der Waals surface area contributed by atoms with Crippen molar-refractivity contribution < 1.29 is 14.1 Å². The molecule has 9 heteroatoms. The summed E-state index contributed by atoms with van der Waals surface area (Å²) in [7, 11) is -3.39. The van der Waals surface area contributed by atoms with Crippen LogP contribution < -0.4 is 10.5 Å². The van der Waals surface area contributed by atoms with Crippen molar-refractivity contribution in [3.05, 3.63) is 39.5 Å². The van der Waals surface area contributed by atoms with E-state index in [9.17, 15) is 14.1 Å². The van der Waals surface area contributed by atoms with Gasteiger partial charge in [0.25, 0.3) is 0 Å². The molecule has 0 saturated heterocycles. The van der Waals surface area contributed by atoms with Crippen molar-refractivity contribution in [2.75, 3.05) is 5.32 Å². The fourth-order valence-electron chi connectivity index (χ4n) is 3.84. The fraction of sp³-hybridized carbons (Fsp3) is 0.474. The third kappa shape index (κ3) is 3.59. The smallest absolute Gasteiger partial charge is 0.354 e. The van der Waals surface area contributed by atoms with Crippen LogP contribution in [0.5, 0.6) is 0 Å². The molecular weight excluding hydrogens is 396 g/mol.